The Labute approximate surface area is 151 Å². The van der Waals surface area contributed by atoms with Gasteiger partial charge >= 0.3 is 0 Å². The van der Waals surface area contributed by atoms with Crippen molar-refractivity contribution in [3.8, 4) is 0 Å². The van der Waals surface area contributed by atoms with Crippen molar-refractivity contribution in [1.29, 1.82) is 0 Å². The molecule has 1 aromatic heterocycles. The van der Waals surface area contributed by atoms with Gasteiger partial charge in [-0.2, -0.15) is 5.10 Å². The van der Waals surface area contributed by atoms with Gasteiger partial charge in [0.05, 0.1) is 11.7 Å². The van der Waals surface area contributed by atoms with E-state index in [0.717, 1.165) is 69.8 Å². The van der Waals surface area contributed by atoms with Crippen molar-refractivity contribution in [2.24, 2.45) is 0 Å². The monoisotopic (exact) mass is 345 g/mol. The molecule has 0 bridgehead atoms. The molecule has 138 valence electrons. The van der Waals surface area contributed by atoms with E-state index in [9.17, 15) is 4.79 Å². The largest absolute Gasteiger partial charge is 0.355 e. The van der Waals surface area contributed by atoms with Crippen LogP contribution in [0.4, 0.5) is 5.82 Å². The molecule has 1 atom stereocenters. The Morgan fingerprint density at radius 3 is 2.60 bits per heavy atom. The second kappa shape index (κ2) is 8.13. The van der Waals surface area contributed by atoms with Crippen LogP contribution in [-0.4, -0.2) is 71.2 Å². The summed E-state index contributed by atoms with van der Waals surface area (Å²) in [5, 5.41) is 8.44. The summed E-state index contributed by atoms with van der Waals surface area (Å²) >= 11 is 0. The standard InChI is InChI=1S/C19H31N5O/c1-4-11-23-12-5-6-17(23)19(25)24-13-9-16(10-14-24)22(3)18-8-7-15(2)20-21-18/h7-8,16-17H,4-6,9-14H2,1-3H3/t17-/m0/s1. The average Bonchev–Trinajstić information content (AvgIpc) is 3.10. The number of hydrogen-bond donors (Lipinski definition) is 0. The molecule has 0 aromatic carbocycles. The maximum absolute atomic E-state index is 12.9. The molecule has 6 nitrogen and oxygen atoms in total. The molecular weight excluding hydrogens is 314 g/mol. The van der Waals surface area contributed by atoms with Crippen LogP contribution in [0.3, 0.4) is 0 Å². The zero-order valence-corrected chi connectivity index (χ0v) is 15.8. The molecule has 0 spiro atoms. The van der Waals surface area contributed by atoms with E-state index in [1.165, 1.54) is 0 Å². The van der Waals surface area contributed by atoms with Crippen molar-refractivity contribution in [3.05, 3.63) is 17.8 Å². The molecule has 1 aromatic rings. The number of aryl methyl sites for hydroxylation is 1. The minimum Gasteiger partial charge on any atom is -0.355 e. The van der Waals surface area contributed by atoms with Gasteiger partial charge in [-0.25, -0.2) is 0 Å². The molecule has 0 N–H and O–H groups in total. The van der Waals surface area contributed by atoms with E-state index >= 15 is 0 Å². The Bertz CT molecular complexity index is 568. The molecule has 0 saturated carbocycles. The van der Waals surface area contributed by atoms with Crippen LogP contribution in [0.2, 0.25) is 0 Å². The lowest BCUT2D eigenvalue weighted by Crippen LogP contribution is -2.51. The fourth-order valence-electron chi connectivity index (χ4n) is 4.11. The van der Waals surface area contributed by atoms with Crippen LogP contribution in [0.1, 0.15) is 44.7 Å². The molecule has 2 aliphatic heterocycles. The smallest absolute Gasteiger partial charge is 0.239 e. The first-order valence-electron chi connectivity index (χ1n) is 9.66. The maximum Gasteiger partial charge on any atom is 0.239 e. The molecule has 3 heterocycles. The SMILES string of the molecule is CCCN1CCC[C@H]1C(=O)N1CCC(N(C)c2ccc(C)nn2)CC1. The van der Waals surface area contributed by atoms with Crippen molar-refractivity contribution >= 4 is 11.7 Å². The molecule has 0 unspecified atom stereocenters. The molecule has 2 saturated heterocycles. The van der Waals surface area contributed by atoms with E-state index in [-0.39, 0.29) is 6.04 Å². The number of amides is 1. The third-order valence-corrected chi connectivity index (χ3v) is 5.63. The minimum atomic E-state index is 0.122. The van der Waals surface area contributed by atoms with Crippen LogP contribution in [-0.2, 0) is 4.79 Å². The minimum absolute atomic E-state index is 0.122. The summed E-state index contributed by atoms with van der Waals surface area (Å²) in [6, 6.07) is 4.58. The van der Waals surface area contributed by atoms with Crippen molar-refractivity contribution in [2.45, 2.75) is 58.0 Å². The third-order valence-electron chi connectivity index (χ3n) is 5.63. The second-order valence-electron chi connectivity index (χ2n) is 7.39. The number of nitrogens with zero attached hydrogens (tertiary/aromatic N) is 5. The van der Waals surface area contributed by atoms with E-state index in [1.807, 2.05) is 19.1 Å². The van der Waals surface area contributed by atoms with Crippen LogP contribution < -0.4 is 4.90 Å². The van der Waals surface area contributed by atoms with Crippen LogP contribution in [0, 0.1) is 6.92 Å². The summed E-state index contributed by atoms with van der Waals surface area (Å²) in [5.41, 5.74) is 0.936. The highest BCUT2D eigenvalue weighted by Crippen LogP contribution is 2.24. The number of rotatable bonds is 5. The molecule has 25 heavy (non-hydrogen) atoms. The predicted octanol–water partition coefficient (Wildman–Crippen LogP) is 2.09. The number of carbonyl (C=O) groups is 1. The van der Waals surface area contributed by atoms with Gasteiger partial charge in [-0.3, -0.25) is 9.69 Å². The average molecular weight is 345 g/mol. The quantitative estimate of drug-likeness (QED) is 0.818. The predicted molar refractivity (Wildman–Crippen MR) is 99.7 cm³/mol. The molecule has 2 fully saturated rings. The van der Waals surface area contributed by atoms with Crippen LogP contribution in [0.25, 0.3) is 0 Å². The highest BCUT2D eigenvalue weighted by Gasteiger charge is 2.35. The third kappa shape index (κ3) is 4.11. The number of carbonyl (C=O) groups excluding carboxylic acids is 1. The van der Waals surface area contributed by atoms with Crippen molar-refractivity contribution in [2.75, 3.05) is 38.1 Å². The first kappa shape index (κ1) is 18.1. The van der Waals surface area contributed by atoms with Crippen molar-refractivity contribution in [3.63, 3.8) is 0 Å². The zero-order valence-electron chi connectivity index (χ0n) is 15.8. The van der Waals surface area contributed by atoms with Gasteiger partial charge in [0.15, 0.2) is 5.82 Å². The lowest BCUT2D eigenvalue weighted by molar-refractivity contribution is -0.137. The molecule has 3 rings (SSSR count). The normalized spacial score (nSPS) is 22.4. The zero-order chi connectivity index (χ0) is 17.8. The lowest BCUT2D eigenvalue weighted by atomic mass is 10.0. The Kier molecular flexibility index (Phi) is 5.89. The topological polar surface area (TPSA) is 52.6 Å². The van der Waals surface area contributed by atoms with Gasteiger partial charge in [-0.05, 0) is 64.3 Å². The number of hydrogen-bond acceptors (Lipinski definition) is 5. The lowest BCUT2D eigenvalue weighted by Gasteiger charge is -2.39. The number of piperidine rings is 1. The van der Waals surface area contributed by atoms with Crippen LogP contribution in [0.15, 0.2) is 12.1 Å². The van der Waals surface area contributed by atoms with E-state index in [1.54, 1.807) is 0 Å². The van der Waals surface area contributed by atoms with Gasteiger partial charge in [0, 0.05) is 26.2 Å². The summed E-state index contributed by atoms with van der Waals surface area (Å²) < 4.78 is 0. The van der Waals surface area contributed by atoms with Gasteiger partial charge in [0.1, 0.15) is 0 Å². The van der Waals surface area contributed by atoms with E-state index in [0.29, 0.717) is 11.9 Å². The van der Waals surface area contributed by atoms with Gasteiger partial charge < -0.3 is 9.80 Å². The fraction of sp³-hybridized carbons (Fsp3) is 0.737. The maximum atomic E-state index is 12.9. The summed E-state index contributed by atoms with van der Waals surface area (Å²) in [6.45, 7) is 7.96. The Hall–Kier alpha value is -1.69. The highest BCUT2D eigenvalue weighted by atomic mass is 16.2. The fourth-order valence-corrected chi connectivity index (χ4v) is 4.11. The molecule has 1 amide bonds. The summed E-state index contributed by atoms with van der Waals surface area (Å²) in [4.78, 5) is 19.6. The summed E-state index contributed by atoms with van der Waals surface area (Å²) in [6.07, 6.45) is 5.30. The van der Waals surface area contributed by atoms with E-state index < -0.39 is 0 Å². The Morgan fingerprint density at radius 1 is 1.20 bits per heavy atom. The summed E-state index contributed by atoms with van der Waals surface area (Å²) in [5.74, 6) is 1.27. The van der Waals surface area contributed by atoms with Gasteiger partial charge in [0.2, 0.25) is 5.91 Å². The molecule has 2 aliphatic rings. The highest BCUT2D eigenvalue weighted by molar-refractivity contribution is 5.82. The Morgan fingerprint density at radius 2 is 1.96 bits per heavy atom. The first-order valence-corrected chi connectivity index (χ1v) is 9.66. The van der Waals surface area contributed by atoms with E-state index in [2.05, 4.69) is 38.9 Å². The first-order chi connectivity index (χ1) is 12.1. The van der Waals surface area contributed by atoms with Crippen molar-refractivity contribution in [1.82, 2.24) is 20.0 Å². The number of likely N-dealkylation sites (tertiary alicyclic amines) is 2. The second-order valence-corrected chi connectivity index (χ2v) is 7.39. The van der Waals surface area contributed by atoms with Gasteiger partial charge in [-0.1, -0.05) is 6.92 Å². The Balaban J connectivity index is 1.54. The van der Waals surface area contributed by atoms with Crippen LogP contribution in [0.5, 0.6) is 0 Å². The molecule has 6 heteroatoms. The number of aromatic nitrogens is 2. The van der Waals surface area contributed by atoms with Gasteiger partial charge in [-0.15, -0.1) is 5.10 Å². The molecular formula is C19H31N5O. The van der Waals surface area contributed by atoms with E-state index in [4.69, 9.17) is 0 Å². The van der Waals surface area contributed by atoms with Crippen LogP contribution >= 0.6 is 0 Å². The number of anilines is 1. The van der Waals surface area contributed by atoms with Gasteiger partial charge in [0.25, 0.3) is 0 Å². The molecule has 0 radical (unpaired) electrons. The molecule has 0 aliphatic carbocycles. The summed E-state index contributed by atoms with van der Waals surface area (Å²) in [7, 11) is 2.08. The van der Waals surface area contributed by atoms with Crippen molar-refractivity contribution < 1.29 is 4.79 Å².